The molecule has 0 saturated heterocycles. The third kappa shape index (κ3) is 4.08. The smallest absolute Gasteiger partial charge is 0.323 e. The zero-order chi connectivity index (χ0) is 13.5. The number of amides is 2. The molecule has 0 spiro atoms. The summed E-state index contributed by atoms with van der Waals surface area (Å²) >= 11 is 0. The van der Waals surface area contributed by atoms with Crippen LogP contribution in [0.1, 0.15) is 26.0 Å². The topological polar surface area (TPSA) is 95.7 Å². The summed E-state index contributed by atoms with van der Waals surface area (Å²) in [5.41, 5.74) is 0. The predicted molar refractivity (Wildman–Crippen MR) is 62.8 cm³/mol. The number of nitrogens with zero attached hydrogens (tertiary/aromatic N) is 2. The molecule has 0 saturated carbocycles. The molecule has 0 aliphatic rings. The second kappa shape index (κ2) is 6.63. The van der Waals surface area contributed by atoms with Crippen molar-refractivity contribution in [3.63, 3.8) is 0 Å². The summed E-state index contributed by atoms with van der Waals surface area (Å²) in [6.07, 6.45) is 2.16. The summed E-state index contributed by atoms with van der Waals surface area (Å²) in [4.78, 5) is 23.9. The van der Waals surface area contributed by atoms with Crippen molar-refractivity contribution in [3.05, 3.63) is 18.0 Å². The quantitative estimate of drug-likeness (QED) is 0.792. The largest absolute Gasteiger partial charge is 0.480 e. The zero-order valence-corrected chi connectivity index (χ0v) is 10.4. The third-order valence-corrected chi connectivity index (χ3v) is 2.59. The van der Waals surface area contributed by atoms with Gasteiger partial charge in [0, 0.05) is 12.1 Å². The van der Waals surface area contributed by atoms with Gasteiger partial charge in [0.15, 0.2) is 5.76 Å². The maximum absolute atomic E-state index is 11.9. The molecule has 100 valence electrons. The molecule has 0 aliphatic carbocycles. The predicted octanol–water partition coefficient (Wildman–Crippen LogP) is 1.07. The van der Waals surface area contributed by atoms with Crippen molar-refractivity contribution >= 4 is 12.0 Å². The first-order chi connectivity index (χ1) is 8.54. The van der Waals surface area contributed by atoms with E-state index in [0.29, 0.717) is 12.2 Å². The van der Waals surface area contributed by atoms with E-state index in [-0.39, 0.29) is 19.1 Å². The minimum absolute atomic E-state index is 0.143. The monoisotopic (exact) mass is 255 g/mol. The highest BCUT2D eigenvalue weighted by Gasteiger charge is 2.21. The minimum Gasteiger partial charge on any atom is -0.480 e. The van der Waals surface area contributed by atoms with E-state index in [0.717, 1.165) is 0 Å². The fraction of sp³-hybridized carbons (Fsp3) is 0.545. The van der Waals surface area contributed by atoms with E-state index in [9.17, 15) is 9.59 Å². The second-order valence-corrected chi connectivity index (χ2v) is 3.92. The molecule has 1 atom stereocenters. The lowest BCUT2D eigenvalue weighted by molar-refractivity contribution is -0.138. The number of carbonyl (C=O) groups is 2. The normalized spacial score (nSPS) is 11.9. The molecule has 0 aliphatic heterocycles. The van der Waals surface area contributed by atoms with Gasteiger partial charge in [-0.3, -0.25) is 4.79 Å². The Morgan fingerprint density at radius 1 is 1.61 bits per heavy atom. The van der Waals surface area contributed by atoms with Crippen LogP contribution in [-0.2, 0) is 11.3 Å². The Labute approximate surface area is 105 Å². The van der Waals surface area contributed by atoms with Gasteiger partial charge in [-0.05, 0) is 13.3 Å². The maximum Gasteiger partial charge on any atom is 0.323 e. The molecule has 0 fully saturated rings. The van der Waals surface area contributed by atoms with Crippen molar-refractivity contribution in [1.82, 2.24) is 15.4 Å². The molecule has 2 amide bonds. The number of hydrogen-bond donors (Lipinski definition) is 2. The van der Waals surface area contributed by atoms with Crippen molar-refractivity contribution in [2.24, 2.45) is 0 Å². The SMILES string of the molecule is CCC(C)N(CC(=O)O)C(=O)NCc1ccno1. The van der Waals surface area contributed by atoms with E-state index in [2.05, 4.69) is 10.5 Å². The van der Waals surface area contributed by atoms with Crippen molar-refractivity contribution in [3.8, 4) is 0 Å². The molecule has 1 unspecified atom stereocenters. The van der Waals surface area contributed by atoms with Gasteiger partial charge in [0.05, 0.1) is 12.7 Å². The Bertz CT molecular complexity index is 391. The minimum atomic E-state index is -1.04. The molecule has 1 aromatic rings. The van der Waals surface area contributed by atoms with Crippen LogP contribution >= 0.6 is 0 Å². The van der Waals surface area contributed by atoms with Gasteiger partial charge in [0.25, 0.3) is 0 Å². The second-order valence-electron chi connectivity index (χ2n) is 3.92. The van der Waals surface area contributed by atoms with Crippen molar-refractivity contribution in [2.75, 3.05) is 6.54 Å². The van der Waals surface area contributed by atoms with Crippen LogP contribution in [0.2, 0.25) is 0 Å². The van der Waals surface area contributed by atoms with Crippen molar-refractivity contribution < 1.29 is 19.2 Å². The van der Waals surface area contributed by atoms with Gasteiger partial charge in [-0.15, -0.1) is 0 Å². The number of aromatic nitrogens is 1. The Hall–Kier alpha value is -2.05. The highest BCUT2D eigenvalue weighted by atomic mass is 16.5. The van der Waals surface area contributed by atoms with Crippen molar-refractivity contribution in [1.29, 1.82) is 0 Å². The van der Waals surface area contributed by atoms with Crippen LogP contribution in [0.3, 0.4) is 0 Å². The summed E-state index contributed by atoms with van der Waals surface area (Å²) in [5, 5.41) is 14.9. The molecule has 0 bridgehead atoms. The van der Waals surface area contributed by atoms with Gasteiger partial charge in [-0.1, -0.05) is 12.1 Å². The molecule has 1 aromatic heterocycles. The number of carbonyl (C=O) groups excluding carboxylic acids is 1. The molecule has 18 heavy (non-hydrogen) atoms. The number of carboxylic acid groups (broad SMARTS) is 1. The van der Waals surface area contributed by atoms with E-state index in [1.54, 1.807) is 13.0 Å². The molecular formula is C11H17N3O4. The van der Waals surface area contributed by atoms with Crippen LogP contribution in [0.4, 0.5) is 4.79 Å². The van der Waals surface area contributed by atoms with E-state index < -0.39 is 12.0 Å². The molecule has 0 aromatic carbocycles. The van der Waals surface area contributed by atoms with Gasteiger partial charge in [-0.2, -0.15) is 0 Å². The van der Waals surface area contributed by atoms with Gasteiger partial charge >= 0.3 is 12.0 Å². The molecule has 1 rings (SSSR count). The highest BCUT2D eigenvalue weighted by Crippen LogP contribution is 2.04. The van der Waals surface area contributed by atoms with Crippen LogP contribution in [0.15, 0.2) is 16.8 Å². The Balaban J connectivity index is 2.55. The van der Waals surface area contributed by atoms with Crippen LogP contribution in [-0.4, -0.2) is 39.8 Å². The third-order valence-electron chi connectivity index (χ3n) is 2.59. The lowest BCUT2D eigenvalue weighted by atomic mass is 10.2. The summed E-state index contributed by atoms with van der Waals surface area (Å²) in [7, 11) is 0. The average Bonchev–Trinajstić information content (AvgIpc) is 2.85. The summed E-state index contributed by atoms with van der Waals surface area (Å²) in [5.74, 6) is -0.520. The first kappa shape index (κ1) is 14.0. The first-order valence-corrected chi connectivity index (χ1v) is 5.70. The molecule has 7 heteroatoms. The van der Waals surface area contributed by atoms with E-state index in [4.69, 9.17) is 9.63 Å². The fourth-order valence-electron chi connectivity index (χ4n) is 1.39. The molecule has 1 heterocycles. The van der Waals surface area contributed by atoms with Crippen LogP contribution in [0.25, 0.3) is 0 Å². The standard InChI is InChI=1S/C11H17N3O4/c1-3-8(2)14(7-10(15)16)11(17)12-6-9-4-5-13-18-9/h4-5,8H,3,6-7H2,1-2H3,(H,12,17)(H,15,16). The Morgan fingerprint density at radius 2 is 2.33 bits per heavy atom. The lowest BCUT2D eigenvalue weighted by Gasteiger charge is -2.26. The summed E-state index contributed by atoms with van der Waals surface area (Å²) in [6, 6.07) is 1.06. The average molecular weight is 255 g/mol. The maximum atomic E-state index is 11.9. The number of aliphatic carboxylic acids is 1. The Morgan fingerprint density at radius 3 is 2.83 bits per heavy atom. The van der Waals surface area contributed by atoms with Crippen LogP contribution in [0.5, 0.6) is 0 Å². The van der Waals surface area contributed by atoms with E-state index in [1.165, 1.54) is 11.1 Å². The number of carboxylic acids is 1. The number of hydrogen-bond acceptors (Lipinski definition) is 4. The molecule has 2 N–H and O–H groups in total. The van der Waals surface area contributed by atoms with Gasteiger partial charge in [0.1, 0.15) is 6.54 Å². The summed E-state index contributed by atoms with van der Waals surface area (Å²) in [6.45, 7) is 3.56. The molecule has 7 nitrogen and oxygen atoms in total. The lowest BCUT2D eigenvalue weighted by Crippen LogP contribution is -2.47. The number of nitrogens with one attached hydrogen (secondary N) is 1. The number of urea groups is 1. The fourth-order valence-corrected chi connectivity index (χ4v) is 1.39. The summed E-state index contributed by atoms with van der Waals surface area (Å²) < 4.78 is 4.83. The Kier molecular flexibility index (Phi) is 5.16. The first-order valence-electron chi connectivity index (χ1n) is 5.70. The highest BCUT2D eigenvalue weighted by molar-refractivity contribution is 5.80. The molecular weight excluding hydrogens is 238 g/mol. The van der Waals surface area contributed by atoms with Crippen LogP contribution < -0.4 is 5.32 Å². The van der Waals surface area contributed by atoms with E-state index in [1.807, 2.05) is 6.92 Å². The van der Waals surface area contributed by atoms with Gasteiger partial charge in [-0.25, -0.2) is 4.79 Å². The van der Waals surface area contributed by atoms with E-state index >= 15 is 0 Å². The van der Waals surface area contributed by atoms with Gasteiger partial charge < -0.3 is 19.8 Å². The molecule has 0 radical (unpaired) electrons. The van der Waals surface area contributed by atoms with Gasteiger partial charge in [0.2, 0.25) is 0 Å². The van der Waals surface area contributed by atoms with Crippen LogP contribution in [0, 0.1) is 0 Å². The van der Waals surface area contributed by atoms with Crippen molar-refractivity contribution in [2.45, 2.75) is 32.9 Å². The number of rotatable bonds is 6. The zero-order valence-electron chi connectivity index (χ0n) is 10.4.